The lowest BCUT2D eigenvalue weighted by Crippen LogP contribution is -2.33. The fraction of sp³-hybridized carbons (Fsp3) is 0.409. The smallest absolute Gasteiger partial charge is 0.188 e. The minimum absolute atomic E-state index is 0.451. The van der Waals surface area contributed by atoms with E-state index >= 15 is 0 Å². The van der Waals surface area contributed by atoms with Crippen LogP contribution in [0.15, 0.2) is 53.5 Å². The van der Waals surface area contributed by atoms with Gasteiger partial charge in [-0.25, -0.2) is 4.99 Å². The third-order valence-electron chi connectivity index (χ3n) is 4.15. The SMILES string of the molecule is CCOCCOCc1cccc(CN=C(N)NCCc2ccc(OC)cc2)c1. The van der Waals surface area contributed by atoms with Gasteiger partial charge in [-0.2, -0.15) is 0 Å². The molecule has 0 aliphatic carbocycles. The summed E-state index contributed by atoms with van der Waals surface area (Å²) >= 11 is 0. The summed E-state index contributed by atoms with van der Waals surface area (Å²) in [5.74, 6) is 1.31. The average molecular weight is 386 g/mol. The number of aliphatic imine (C=N–C) groups is 1. The number of hydrogen-bond donors (Lipinski definition) is 2. The number of hydrogen-bond acceptors (Lipinski definition) is 4. The van der Waals surface area contributed by atoms with Crippen molar-refractivity contribution in [1.29, 1.82) is 0 Å². The van der Waals surface area contributed by atoms with Crippen molar-refractivity contribution in [1.82, 2.24) is 5.32 Å². The molecule has 0 saturated carbocycles. The number of rotatable bonds is 12. The summed E-state index contributed by atoms with van der Waals surface area (Å²) in [7, 11) is 1.67. The number of guanidine groups is 1. The van der Waals surface area contributed by atoms with Crippen LogP contribution in [0, 0.1) is 0 Å². The number of nitrogens with one attached hydrogen (secondary N) is 1. The molecule has 0 aliphatic rings. The van der Waals surface area contributed by atoms with Gasteiger partial charge in [-0.05, 0) is 42.2 Å². The molecular weight excluding hydrogens is 354 g/mol. The van der Waals surface area contributed by atoms with Crippen LogP contribution in [0.3, 0.4) is 0 Å². The zero-order chi connectivity index (χ0) is 20.0. The molecule has 0 spiro atoms. The zero-order valence-corrected chi connectivity index (χ0v) is 16.8. The summed E-state index contributed by atoms with van der Waals surface area (Å²) in [6, 6.07) is 16.2. The Hall–Kier alpha value is -2.57. The topological polar surface area (TPSA) is 78.1 Å². The van der Waals surface area contributed by atoms with Gasteiger partial charge in [0.2, 0.25) is 0 Å². The second-order valence-corrected chi connectivity index (χ2v) is 6.30. The summed E-state index contributed by atoms with van der Waals surface area (Å²) in [5.41, 5.74) is 9.42. The van der Waals surface area contributed by atoms with Gasteiger partial charge >= 0.3 is 0 Å². The second kappa shape index (κ2) is 12.8. The highest BCUT2D eigenvalue weighted by molar-refractivity contribution is 5.77. The molecule has 0 amide bonds. The maximum absolute atomic E-state index is 5.98. The number of ether oxygens (including phenoxy) is 3. The van der Waals surface area contributed by atoms with Gasteiger partial charge < -0.3 is 25.3 Å². The number of benzene rings is 2. The van der Waals surface area contributed by atoms with E-state index in [-0.39, 0.29) is 0 Å². The average Bonchev–Trinajstić information content (AvgIpc) is 2.73. The summed E-state index contributed by atoms with van der Waals surface area (Å²) in [6.45, 7) is 5.75. The first-order chi connectivity index (χ1) is 13.7. The van der Waals surface area contributed by atoms with Crippen LogP contribution in [-0.4, -0.2) is 39.4 Å². The molecule has 0 fully saturated rings. The lowest BCUT2D eigenvalue weighted by Gasteiger charge is -2.08. The highest BCUT2D eigenvalue weighted by atomic mass is 16.5. The van der Waals surface area contributed by atoms with Crippen LogP contribution in [-0.2, 0) is 29.0 Å². The van der Waals surface area contributed by atoms with Crippen molar-refractivity contribution in [2.75, 3.05) is 33.5 Å². The third-order valence-corrected chi connectivity index (χ3v) is 4.15. The van der Waals surface area contributed by atoms with Gasteiger partial charge in [0, 0.05) is 13.2 Å². The van der Waals surface area contributed by atoms with E-state index in [1.807, 2.05) is 37.3 Å². The van der Waals surface area contributed by atoms with E-state index in [9.17, 15) is 0 Å². The number of methoxy groups -OCH3 is 1. The molecule has 152 valence electrons. The van der Waals surface area contributed by atoms with Crippen LogP contribution in [0.1, 0.15) is 23.6 Å². The molecule has 0 unspecified atom stereocenters. The predicted molar refractivity (Wildman–Crippen MR) is 113 cm³/mol. The van der Waals surface area contributed by atoms with Gasteiger partial charge in [-0.3, -0.25) is 0 Å². The molecule has 0 aliphatic heterocycles. The van der Waals surface area contributed by atoms with Crippen molar-refractivity contribution >= 4 is 5.96 Å². The van der Waals surface area contributed by atoms with E-state index in [0.29, 0.717) is 38.9 Å². The molecule has 6 heteroatoms. The Morgan fingerprint density at radius 1 is 1.00 bits per heavy atom. The van der Waals surface area contributed by atoms with E-state index in [1.54, 1.807) is 7.11 Å². The van der Waals surface area contributed by atoms with Crippen LogP contribution >= 0.6 is 0 Å². The van der Waals surface area contributed by atoms with Crippen molar-refractivity contribution in [3.8, 4) is 5.75 Å². The zero-order valence-electron chi connectivity index (χ0n) is 16.8. The number of nitrogens with zero attached hydrogens (tertiary/aromatic N) is 1. The Labute approximate surface area is 167 Å². The molecule has 0 bridgehead atoms. The Kier molecular flexibility index (Phi) is 9.89. The van der Waals surface area contributed by atoms with Crippen molar-refractivity contribution in [2.24, 2.45) is 10.7 Å². The molecular formula is C22H31N3O3. The van der Waals surface area contributed by atoms with E-state index in [1.165, 1.54) is 5.56 Å². The molecule has 0 atom stereocenters. The molecule has 2 aromatic carbocycles. The highest BCUT2D eigenvalue weighted by Crippen LogP contribution is 2.11. The van der Waals surface area contributed by atoms with E-state index in [4.69, 9.17) is 19.9 Å². The van der Waals surface area contributed by atoms with E-state index < -0.39 is 0 Å². The van der Waals surface area contributed by atoms with Crippen molar-refractivity contribution in [3.05, 3.63) is 65.2 Å². The largest absolute Gasteiger partial charge is 0.497 e. The van der Waals surface area contributed by atoms with Crippen molar-refractivity contribution in [2.45, 2.75) is 26.5 Å². The fourth-order valence-corrected chi connectivity index (χ4v) is 2.63. The summed E-state index contributed by atoms with van der Waals surface area (Å²) in [6.07, 6.45) is 0.870. The van der Waals surface area contributed by atoms with Crippen molar-refractivity contribution < 1.29 is 14.2 Å². The Morgan fingerprint density at radius 3 is 2.50 bits per heavy atom. The second-order valence-electron chi connectivity index (χ2n) is 6.30. The fourth-order valence-electron chi connectivity index (χ4n) is 2.63. The normalized spacial score (nSPS) is 11.4. The Balaban J connectivity index is 1.71. The summed E-state index contributed by atoms with van der Waals surface area (Å²) in [5, 5.41) is 3.16. The van der Waals surface area contributed by atoms with E-state index in [0.717, 1.165) is 29.8 Å². The first kappa shape index (κ1) is 21.7. The quantitative estimate of drug-likeness (QED) is 0.334. The highest BCUT2D eigenvalue weighted by Gasteiger charge is 1.99. The minimum Gasteiger partial charge on any atom is -0.497 e. The van der Waals surface area contributed by atoms with Gasteiger partial charge in [0.1, 0.15) is 5.75 Å². The van der Waals surface area contributed by atoms with Crippen LogP contribution in [0.2, 0.25) is 0 Å². The van der Waals surface area contributed by atoms with Gasteiger partial charge in [0.25, 0.3) is 0 Å². The third kappa shape index (κ3) is 8.41. The van der Waals surface area contributed by atoms with Gasteiger partial charge in [0.15, 0.2) is 5.96 Å². The first-order valence-corrected chi connectivity index (χ1v) is 9.61. The van der Waals surface area contributed by atoms with Gasteiger partial charge in [-0.15, -0.1) is 0 Å². The van der Waals surface area contributed by atoms with Gasteiger partial charge in [-0.1, -0.05) is 36.4 Å². The Bertz CT molecular complexity index is 717. The first-order valence-electron chi connectivity index (χ1n) is 9.61. The monoisotopic (exact) mass is 385 g/mol. The molecule has 3 N–H and O–H groups in total. The lowest BCUT2D eigenvalue weighted by molar-refractivity contribution is 0.0453. The van der Waals surface area contributed by atoms with Crippen LogP contribution in [0.25, 0.3) is 0 Å². The molecule has 2 aromatic rings. The molecule has 6 nitrogen and oxygen atoms in total. The molecule has 28 heavy (non-hydrogen) atoms. The number of nitrogens with two attached hydrogens (primary N) is 1. The predicted octanol–water partition coefficient (Wildman–Crippen LogP) is 2.90. The maximum Gasteiger partial charge on any atom is 0.188 e. The minimum atomic E-state index is 0.451. The molecule has 0 radical (unpaired) electrons. The van der Waals surface area contributed by atoms with Crippen LogP contribution < -0.4 is 15.8 Å². The summed E-state index contributed by atoms with van der Waals surface area (Å²) in [4.78, 5) is 4.42. The van der Waals surface area contributed by atoms with Crippen LogP contribution in [0.5, 0.6) is 5.75 Å². The molecule has 2 rings (SSSR count). The Morgan fingerprint density at radius 2 is 1.75 bits per heavy atom. The lowest BCUT2D eigenvalue weighted by atomic mass is 10.1. The molecule has 0 saturated heterocycles. The maximum atomic E-state index is 5.98. The molecule has 0 heterocycles. The summed E-state index contributed by atoms with van der Waals surface area (Å²) < 4.78 is 16.0. The van der Waals surface area contributed by atoms with Gasteiger partial charge in [0.05, 0.1) is 33.5 Å². The molecule has 0 aromatic heterocycles. The van der Waals surface area contributed by atoms with Crippen molar-refractivity contribution in [3.63, 3.8) is 0 Å². The standard InChI is InChI=1S/C22H31N3O3/c1-3-27-13-14-28-17-20-6-4-5-19(15-20)16-25-22(23)24-12-11-18-7-9-21(26-2)10-8-18/h4-10,15H,3,11-14,16-17H2,1-2H3,(H3,23,24,25). The van der Waals surface area contributed by atoms with Crippen LogP contribution in [0.4, 0.5) is 0 Å². The van der Waals surface area contributed by atoms with E-state index in [2.05, 4.69) is 28.5 Å².